The fraction of sp³-hybridized carbons (Fsp3) is 0.350. The highest BCUT2D eigenvalue weighted by Gasteiger charge is 2.45. The number of carboxylic acid groups (broad SMARTS) is 1. The van der Waals surface area contributed by atoms with Gasteiger partial charge < -0.3 is 10.4 Å². The number of nitrogens with zero attached hydrogens (tertiary/aromatic N) is 1. The summed E-state index contributed by atoms with van der Waals surface area (Å²) in [5.74, 6) is -1.06. The van der Waals surface area contributed by atoms with Gasteiger partial charge in [-0.2, -0.15) is 0 Å². The van der Waals surface area contributed by atoms with Crippen molar-refractivity contribution in [1.29, 1.82) is 0 Å². The highest BCUT2D eigenvalue weighted by molar-refractivity contribution is 5.85. The second kappa shape index (κ2) is 7.05. The van der Waals surface area contributed by atoms with Crippen LogP contribution in [0.2, 0.25) is 0 Å². The Labute approximate surface area is 147 Å². The molecular formula is C20H22N2O3. The Morgan fingerprint density at radius 1 is 1.12 bits per heavy atom. The van der Waals surface area contributed by atoms with Gasteiger partial charge in [-0.25, -0.2) is 0 Å². The normalized spacial score (nSPS) is 16.5. The van der Waals surface area contributed by atoms with Crippen molar-refractivity contribution in [3.63, 3.8) is 0 Å². The quantitative estimate of drug-likeness (QED) is 0.844. The molecule has 5 heteroatoms. The van der Waals surface area contributed by atoms with Crippen LogP contribution < -0.4 is 5.32 Å². The minimum atomic E-state index is -0.858. The molecule has 1 amide bonds. The highest BCUT2D eigenvalue weighted by Crippen LogP contribution is 2.44. The summed E-state index contributed by atoms with van der Waals surface area (Å²) >= 11 is 0. The molecule has 1 aliphatic carbocycles. The summed E-state index contributed by atoms with van der Waals surface area (Å²) in [5.41, 5.74) is 2.31. The number of aromatic nitrogens is 1. The number of carbonyl (C=O) groups excluding carboxylic acids is 1. The Kier molecular flexibility index (Phi) is 4.83. The molecule has 3 rings (SSSR count). The number of aliphatic carboxylic acids is 1. The van der Waals surface area contributed by atoms with Gasteiger partial charge >= 0.3 is 5.97 Å². The van der Waals surface area contributed by atoms with Gasteiger partial charge in [0.1, 0.15) is 0 Å². The van der Waals surface area contributed by atoms with Crippen molar-refractivity contribution < 1.29 is 14.7 Å². The lowest BCUT2D eigenvalue weighted by atomic mass is 9.66. The van der Waals surface area contributed by atoms with Gasteiger partial charge in [0.25, 0.3) is 0 Å². The molecule has 1 saturated carbocycles. The third-order valence-corrected chi connectivity index (χ3v) is 5.07. The van der Waals surface area contributed by atoms with Crippen LogP contribution >= 0.6 is 0 Å². The standard InChI is InChI=1S/C20H22N2O3/c1-14(22-18(23)13-20(19(24)25)9-2-10-20)15-3-5-16(6-4-15)17-7-11-21-12-8-17/h3-8,11-12,14H,2,9-10,13H2,1H3,(H,22,23)(H,24,25). The SMILES string of the molecule is CC(NC(=O)CC1(C(=O)O)CCC1)c1ccc(-c2ccncc2)cc1. The predicted molar refractivity (Wildman–Crippen MR) is 94.8 cm³/mol. The molecule has 0 bridgehead atoms. The molecule has 130 valence electrons. The number of amides is 1. The number of carbonyl (C=O) groups is 2. The van der Waals surface area contributed by atoms with Gasteiger partial charge in [0.2, 0.25) is 5.91 Å². The lowest BCUT2D eigenvalue weighted by molar-refractivity contribution is -0.157. The molecule has 25 heavy (non-hydrogen) atoms. The van der Waals surface area contributed by atoms with Crippen LogP contribution in [-0.2, 0) is 9.59 Å². The first-order valence-electron chi connectivity index (χ1n) is 8.53. The van der Waals surface area contributed by atoms with E-state index < -0.39 is 11.4 Å². The number of rotatable bonds is 6. The molecule has 1 aromatic carbocycles. The maximum Gasteiger partial charge on any atom is 0.310 e. The van der Waals surface area contributed by atoms with E-state index in [1.807, 2.05) is 43.3 Å². The number of benzene rings is 1. The van der Waals surface area contributed by atoms with E-state index in [0.29, 0.717) is 12.8 Å². The van der Waals surface area contributed by atoms with Gasteiger partial charge in [-0.15, -0.1) is 0 Å². The molecule has 1 aliphatic rings. The number of nitrogens with one attached hydrogen (secondary N) is 1. The summed E-state index contributed by atoms with van der Waals surface area (Å²) in [4.78, 5) is 27.6. The lowest BCUT2D eigenvalue weighted by Crippen LogP contribution is -2.43. The van der Waals surface area contributed by atoms with Crippen LogP contribution in [0.4, 0.5) is 0 Å². The Bertz CT molecular complexity index is 752. The second-order valence-corrected chi connectivity index (χ2v) is 6.76. The molecule has 1 aromatic heterocycles. The predicted octanol–water partition coefficient (Wildman–Crippen LogP) is 3.57. The van der Waals surface area contributed by atoms with Gasteiger partial charge in [-0.1, -0.05) is 30.7 Å². The van der Waals surface area contributed by atoms with E-state index in [4.69, 9.17) is 0 Å². The van der Waals surface area contributed by atoms with E-state index in [2.05, 4.69) is 10.3 Å². The number of carboxylic acids is 1. The average molecular weight is 338 g/mol. The molecule has 1 unspecified atom stereocenters. The summed E-state index contributed by atoms with van der Waals surface area (Å²) in [6, 6.07) is 11.7. The van der Waals surface area contributed by atoms with Crippen molar-refractivity contribution >= 4 is 11.9 Å². The summed E-state index contributed by atoms with van der Waals surface area (Å²) in [6.45, 7) is 1.91. The zero-order valence-corrected chi connectivity index (χ0v) is 14.2. The fourth-order valence-electron chi connectivity index (χ4n) is 3.26. The van der Waals surface area contributed by atoms with Crippen molar-refractivity contribution in [2.75, 3.05) is 0 Å². The molecule has 2 N–H and O–H groups in total. The molecular weight excluding hydrogens is 316 g/mol. The number of pyridine rings is 1. The minimum Gasteiger partial charge on any atom is -0.481 e. The van der Waals surface area contributed by atoms with Crippen molar-refractivity contribution in [2.45, 2.75) is 38.6 Å². The second-order valence-electron chi connectivity index (χ2n) is 6.76. The maximum atomic E-state index is 12.2. The van der Waals surface area contributed by atoms with Crippen molar-refractivity contribution in [3.05, 3.63) is 54.4 Å². The van der Waals surface area contributed by atoms with Crippen LogP contribution in [0.15, 0.2) is 48.8 Å². The van der Waals surface area contributed by atoms with Gasteiger partial charge in [0.15, 0.2) is 0 Å². The third kappa shape index (κ3) is 3.71. The van der Waals surface area contributed by atoms with Crippen molar-refractivity contribution in [3.8, 4) is 11.1 Å². The van der Waals surface area contributed by atoms with Crippen LogP contribution in [0.5, 0.6) is 0 Å². The molecule has 1 heterocycles. The summed E-state index contributed by atoms with van der Waals surface area (Å²) in [7, 11) is 0. The first kappa shape index (κ1) is 17.1. The monoisotopic (exact) mass is 338 g/mol. The van der Waals surface area contributed by atoms with Crippen LogP contribution in [0.1, 0.15) is 44.2 Å². The van der Waals surface area contributed by atoms with E-state index in [1.165, 1.54) is 0 Å². The Balaban J connectivity index is 1.62. The Morgan fingerprint density at radius 3 is 2.24 bits per heavy atom. The van der Waals surface area contributed by atoms with E-state index >= 15 is 0 Å². The lowest BCUT2D eigenvalue weighted by Gasteiger charge is -2.37. The zero-order chi connectivity index (χ0) is 17.9. The van der Waals surface area contributed by atoms with Gasteiger partial charge in [0.05, 0.1) is 11.5 Å². The molecule has 2 aromatic rings. The first-order valence-corrected chi connectivity index (χ1v) is 8.53. The first-order chi connectivity index (χ1) is 12.0. The molecule has 1 atom stereocenters. The molecule has 0 saturated heterocycles. The molecule has 1 fully saturated rings. The van der Waals surface area contributed by atoms with E-state index in [-0.39, 0.29) is 18.4 Å². The molecule has 0 radical (unpaired) electrons. The fourth-order valence-corrected chi connectivity index (χ4v) is 3.26. The maximum absolute atomic E-state index is 12.2. The number of hydrogen-bond acceptors (Lipinski definition) is 3. The van der Waals surface area contributed by atoms with Crippen LogP contribution in [-0.4, -0.2) is 22.0 Å². The molecule has 0 spiro atoms. The van der Waals surface area contributed by atoms with Crippen LogP contribution in [0, 0.1) is 5.41 Å². The minimum absolute atomic E-state index is 0.0573. The van der Waals surface area contributed by atoms with E-state index in [0.717, 1.165) is 23.1 Å². The van der Waals surface area contributed by atoms with E-state index in [9.17, 15) is 14.7 Å². The summed E-state index contributed by atoms with van der Waals surface area (Å²) in [5, 5.41) is 12.3. The van der Waals surface area contributed by atoms with Crippen LogP contribution in [0.25, 0.3) is 11.1 Å². The Morgan fingerprint density at radius 2 is 1.72 bits per heavy atom. The van der Waals surface area contributed by atoms with Crippen molar-refractivity contribution in [2.24, 2.45) is 5.41 Å². The third-order valence-electron chi connectivity index (χ3n) is 5.07. The largest absolute Gasteiger partial charge is 0.481 e. The van der Waals surface area contributed by atoms with Gasteiger partial charge in [-0.05, 0) is 48.6 Å². The molecule has 5 nitrogen and oxygen atoms in total. The molecule has 0 aliphatic heterocycles. The van der Waals surface area contributed by atoms with E-state index in [1.54, 1.807) is 12.4 Å². The Hall–Kier alpha value is -2.69. The number of hydrogen-bond donors (Lipinski definition) is 2. The smallest absolute Gasteiger partial charge is 0.310 e. The van der Waals surface area contributed by atoms with Gasteiger partial charge in [0, 0.05) is 18.8 Å². The topological polar surface area (TPSA) is 79.3 Å². The summed E-state index contributed by atoms with van der Waals surface area (Å²) in [6.07, 6.45) is 5.62. The van der Waals surface area contributed by atoms with Gasteiger partial charge in [-0.3, -0.25) is 14.6 Å². The average Bonchev–Trinajstić information content (AvgIpc) is 2.58. The highest BCUT2D eigenvalue weighted by atomic mass is 16.4. The zero-order valence-electron chi connectivity index (χ0n) is 14.2. The summed E-state index contributed by atoms with van der Waals surface area (Å²) < 4.78 is 0. The van der Waals surface area contributed by atoms with Crippen LogP contribution in [0.3, 0.4) is 0 Å². The van der Waals surface area contributed by atoms with Crippen molar-refractivity contribution in [1.82, 2.24) is 10.3 Å².